The summed E-state index contributed by atoms with van der Waals surface area (Å²) in [5.41, 5.74) is 1.86. The Labute approximate surface area is 195 Å². The summed E-state index contributed by atoms with van der Waals surface area (Å²) < 4.78 is 7.02. The first kappa shape index (κ1) is 21.6. The van der Waals surface area contributed by atoms with Gasteiger partial charge in [0.25, 0.3) is 0 Å². The van der Waals surface area contributed by atoms with Gasteiger partial charge in [0.1, 0.15) is 0 Å². The van der Waals surface area contributed by atoms with Crippen LogP contribution in [0.2, 0.25) is 5.02 Å². The topological polar surface area (TPSA) is 75.7 Å². The minimum Gasteiger partial charge on any atom is -0.408 e. The number of halogens is 1. The Bertz CT molecular complexity index is 1370. The van der Waals surface area contributed by atoms with Gasteiger partial charge in [-0.15, -0.1) is 0 Å². The summed E-state index contributed by atoms with van der Waals surface area (Å²) in [5.74, 6) is -0.703. The molecule has 0 unspecified atom stereocenters. The summed E-state index contributed by atoms with van der Waals surface area (Å²) in [4.78, 5) is 27.6. The van der Waals surface area contributed by atoms with E-state index in [1.807, 2.05) is 30.3 Å². The molecule has 1 aromatic heterocycles. The maximum atomic E-state index is 12.9. The second-order valence-corrected chi connectivity index (χ2v) is 8.85. The summed E-state index contributed by atoms with van der Waals surface area (Å²) >= 11 is 6.16. The summed E-state index contributed by atoms with van der Waals surface area (Å²) in [6.07, 6.45) is 1.16. The van der Waals surface area contributed by atoms with Gasteiger partial charge in [0.2, 0.25) is 0 Å². The van der Waals surface area contributed by atoms with Crippen LogP contribution in [0.4, 0.5) is 0 Å². The van der Waals surface area contributed by atoms with Crippen molar-refractivity contribution >= 4 is 28.5 Å². The van der Waals surface area contributed by atoms with Gasteiger partial charge >= 0.3 is 5.76 Å². The molecule has 6 nitrogen and oxygen atoms in total. The number of likely N-dealkylation sites (tertiary alicyclic amines) is 1. The number of aromatic nitrogens is 1. The van der Waals surface area contributed by atoms with E-state index in [1.54, 1.807) is 47.0 Å². The third kappa shape index (κ3) is 4.13. The van der Waals surface area contributed by atoms with Gasteiger partial charge in [-0.25, -0.2) is 4.79 Å². The average Bonchev–Trinajstić information content (AvgIpc) is 3.15. The van der Waals surface area contributed by atoms with Gasteiger partial charge in [-0.05, 0) is 48.7 Å². The molecule has 1 saturated heterocycles. The molecular formula is C26H23ClN2O4. The standard InChI is InChI=1S/C26H23ClN2O4/c27-21-9-5-4-8-20(21)24(30)18-10-11-22-23(16-18)33-25(31)29(22)17-28-14-12-26(32,13-15-28)19-6-2-1-3-7-19/h1-11,16,32H,12-15,17H2. The smallest absolute Gasteiger partial charge is 0.408 e. The monoisotopic (exact) mass is 462 g/mol. The van der Waals surface area contributed by atoms with Crippen LogP contribution in [-0.2, 0) is 12.3 Å². The Kier molecular flexibility index (Phi) is 5.66. The molecule has 5 rings (SSSR count). The lowest BCUT2D eigenvalue weighted by atomic mass is 9.84. The van der Waals surface area contributed by atoms with Crippen LogP contribution in [0.3, 0.4) is 0 Å². The summed E-state index contributed by atoms with van der Waals surface area (Å²) in [7, 11) is 0. The van der Waals surface area contributed by atoms with Crippen molar-refractivity contribution in [1.82, 2.24) is 9.47 Å². The van der Waals surface area contributed by atoms with E-state index in [4.69, 9.17) is 16.0 Å². The quantitative estimate of drug-likeness (QED) is 0.444. The first-order chi connectivity index (χ1) is 15.9. The second-order valence-electron chi connectivity index (χ2n) is 8.44. The minimum atomic E-state index is -0.852. The highest BCUT2D eigenvalue weighted by atomic mass is 35.5. The number of aliphatic hydroxyl groups is 1. The van der Waals surface area contributed by atoms with Crippen LogP contribution in [0.15, 0.2) is 82.0 Å². The van der Waals surface area contributed by atoms with Crippen LogP contribution in [-0.4, -0.2) is 33.4 Å². The number of hydrogen-bond donors (Lipinski definition) is 1. The average molecular weight is 463 g/mol. The molecule has 0 radical (unpaired) electrons. The van der Waals surface area contributed by atoms with Crippen molar-refractivity contribution in [3.63, 3.8) is 0 Å². The molecule has 3 aromatic carbocycles. The van der Waals surface area contributed by atoms with E-state index in [1.165, 1.54) is 0 Å². The van der Waals surface area contributed by atoms with Gasteiger partial charge in [-0.2, -0.15) is 0 Å². The van der Waals surface area contributed by atoms with Crippen LogP contribution in [0.25, 0.3) is 11.1 Å². The Morgan fingerprint density at radius 3 is 2.42 bits per heavy atom. The molecule has 1 N–H and O–H groups in total. The second kappa shape index (κ2) is 8.63. The Morgan fingerprint density at radius 1 is 1.00 bits per heavy atom. The normalized spacial score (nSPS) is 16.2. The van der Waals surface area contributed by atoms with Crippen LogP contribution in [0.1, 0.15) is 34.3 Å². The van der Waals surface area contributed by atoms with E-state index < -0.39 is 11.4 Å². The van der Waals surface area contributed by atoms with Crippen molar-refractivity contribution in [3.8, 4) is 0 Å². The zero-order valence-corrected chi connectivity index (χ0v) is 18.7. The molecule has 0 spiro atoms. The zero-order valence-electron chi connectivity index (χ0n) is 17.9. The van der Waals surface area contributed by atoms with Crippen LogP contribution in [0.5, 0.6) is 0 Å². The molecule has 4 aromatic rings. The fourth-order valence-electron chi connectivity index (χ4n) is 4.44. The first-order valence-corrected chi connectivity index (χ1v) is 11.3. The van der Waals surface area contributed by atoms with Crippen molar-refractivity contribution in [2.75, 3.05) is 13.1 Å². The van der Waals surface area contributed by atoms with E-state index in [-0.39, 0.29) is 5.78 Å². The molecule has 7 heteroatoms. The van der Waals surface area contributed by atoms with Gasteiger partial charge in [0.05, 0.1) is 22.8 Å². The fourth-order valence-corrected chi connectivity index (χ4v) is 4.67. The molecule has 1 aliphatic rings. The van der Waals surface area contributed by atoms with Crippen molar-refractivity contribution in [2.24, 2.45) is 0 Å². The number of oxazole rings is 1. The molecule has 0 bridgehead atoms. The maximum absolute atomic E-state index is 12.9. The number of rotatable bonds is 5. The van der Waals surface area contributed by atoms with Gasteiger partial charge in [0, 0.05) is 24.2 Å². The number of carbonyl (C=O) groups is 1. The molecule has 1 aliphatic heterocycles. The molecule has 2 heterocycles. The molecule has 0 atom stereocenters. The number of ketones is 1. The molecule has 1 fully saturated rings. The number of piperidine rings is 1. The zero-order chi connectivity index (χ0) is 23.0. The predicted molar refractivity (Wildman–Crippen MR) is 127 cm³/mol. The van der Waals surface area contributed by atoms with Crippen molar-refractivity contribution in [2.45, 2.75) is 25.1 Å². The highest BCUT2D eigenvalue weighted by Gasteiger charge is 2.34. The molecule has 0 amide bonds. The number of benzene rings is 3. The van der Waals surface area contributed by atoms with Crippen molar-refractivity contribution < 1.29 is 14.3 Å². The van der Waals surface area contributed by atoms with Crippen LogP contribution in [0, 0.1) is 0 Å². The van der Waals surface area contributed by atoms with E-state index in [2.05, 4.69) is 4.90 Å². The molecule has 0 aliphatic carbocycles. The SMILES string of the molecule is O=C(c1ccc2c(c1)oc(=O)n2CN1CCC(O)(c2ccccc2)CC1)c1ccccc1Cl. The lowest BCUT2D eigenvalue weighted by molar-refractivity contribution is -0.0327. The largest absolute Gasteiger partial charge is 0.421 e. The highest BCUT2D eigenvalue weighted by molar-refractivity contribution is 6.35. The van der Waals surface area contributed by atoms with Gasteiger partial charge in [-0.3, -0.25) is 14.3 Å². The number of carbonyl (C=O) groups excluding carboxylic acids is 1. The lowest BCUT2D eigenvalue weighted by Crippen LogP contribution is -2.44. The van der Waals surface area contributed by atoms with E-state index >= 15 is 0 Å². The number of fused-ring (bicyclic) bond motifs is 1. The summed E-state index contributed by atoms with van der Waals surface area (Å²) in [5, 5.41) is 11.4. The number of nitrogens with zero attached hydrogens (tertiary/aromatic N) is 2. The predicted octanol–water partition coefficient (Wildman–Crippen LogP) is 4.42. The van der Waals surface area contributed by atoms with Crippen molar-refractivity contribution in [1.29, 1.82) is 0 Å². The van der Waals surface area contributed by atoms with E-state index in [9.17, 15) is 14.7 Å². The first-order valence-electron chi connectivity index (χ1n) is 10.9. The minimum absolute atomic E-state index is 0.228. The molecular weight excluding hydrogens is 440 g/mol. The maximum Gasteiger partial charge on any atom is 0.421 e. The number of hydrogen-bond acceptors (Lipinski definition) is 5. The van der Waals surface area contributed by atoms with Crippen LogP contribution < -0.4 is 5.76 Å². The lowest BCUT2D eigenvalue weighted by Gasteiger charge is -2.38. The third-order valence-corrected chi connectivity index (χ3v) is 6.71. The Hall–Kier alpha value is -3.19. The fraction of sp³-hybridized carbons (Fsp3) is 0.231. The van der Waals surface area contributed by atoms with E-state index in [0.29, 0.717) is 59.8 Å². The van der Waals surface area contributed by atoms with Crippen molar-refractivity contribution in [3.05, 3.63) is 105 Å². The molecule has 0 saturated carbocycles. The Balaban J connectivity index is 1.35. The van der Waals surface area contributed by atoms with Crippen LogP contribution >= 0.6 is 11.6 Å². The molecule has 33 heavy (non-hydrogen) atoms. The van der Waals surface area contributed by atoms with Gasteiger partial charge in [-0.1, -0.05) is 54.1 Å². The summed E-state index contributed by atoms with van der Waals surface area (Å²) in [6, 6.07) is 21.6. The van der Waals surface area contributed by atoms with Gasteiger partial charge < -0.3 is 9.52 Å². The summed E-state index contributed by atoms with van der Waals surface area (Å²) in [6.45, 7) is 1.65. The van der Waals surface area contributed by atoms with E-state index in [0.717, 1.165) is 5.56 Å². The Morgan fingerprint density at radius 2 is 1.70 bits per heavy atom. The third-order valence-electron chi connectivity index (χ3n) is 6.38. The molecule has 168 valence electrons. The highest BCUT2D eigenvalue weighted by Crippen LogP contribution is 2.33. The van der Waals surface area contributed by atoms with Gasteiger partial charge in [0.15, 0.2) is 11.4 Å².